The molecule has 0 amide bonds. The molecule has 116 valence electrons. The van der Waals surface area contributed by atoms with Gasteiger partial charge in [-0.1, -0.05) is 70.5 Å². The van der Waals surface area contributed by atoms with E-state index in [1.165, 1.54) is 29.7 Å². The third-order valence-electron chi connectivity index (χ3n) is 4.48. The molecule has 1 aromatic carbocycles. The summed E-state index contributed by atoms with van der Waals surface area (Å²) in [6, 6.07) is 6.61. The molecule has 1 N–H and O–H groups in total. The van der Waals surface area contributed by atoms with E-state index in [4.69, 9.17) is 4.99 Å². The van der Waals surface area contributed by atoms with Crippen molar-refractivity contribution in [2.45, 2.75) is 58.6 Å². The van der Waals surface area contributed by atoms with E-state index in [-0.39, 0.29) is 0 Å². The van der Waals surface area contributed by atoms with E-state index in [0.29, 0.717) is 5.25 Å². The second-order valence-electron chi connectivity index (χ2n) is 5.66. The topological polar surface area (TPSA) is 24.4 Å². The maximum Gasteiger partial charge on any atom is 0.161 e. The van der Waals surface area contributed by atoms with Crippen molar-refractivity contribution in [3.05, 3.63) is 29.3 Å². The van der Waals surface area contributed by atoms with Gasteiger partial charge in [0, 0.05) is 10.9 Å². The highest BCUT2D eigenvalue weighted by Crippen LogP contribution is 2.33. The van der Waals surface area contributed by atoms with Gasteiger partial charge in [-0.2, -0.15) is 0 Å². The van der Waals surface area contributed by atoms with E-state index < -0.39 is 0 Å². The summed E-state index contributed by atoms with van der Waals surface area (Å²) in [7, 11) is 0. The zero-order valence-electron chi connectivity index (χ0n) is 13.8. The van der Waals surface area contributed by atoms with Crippen molar-refractivity contribution < 1.29 is 0 Å². The molecule has 1 unspecified atom stereocenters. The molecule has 21 heavy (non-hydrogen) atoms. The van der Waals surface area contributed by atoms with E-state index in [9.17, 15) is 0 Å². The summed E-state index contributed by atoms with van der Waals surface area (Å²) >= 11 is 1.94. The summed E-state index contributed by atoms with van der Waals surface area (Å²) in [6.07, 6.45) is 4.62. The minimum absolute atomic E-state index is 0.654. The average Bonchev–Trinajstić information content (AvgIpc) is 2.97. The molecular formula is C18H28N2S. The summed E-state index contributed by atoms with van der Waals surface area (Å²) in [5, 5.41) is 5.39. The lowest BCUT2D eigenvalue weighted by molar-refractivity contribution is 0.479. The minimum Gasteiger partial charge on any atom is -0.335 e. The number of hydrogen-bond donors (Lipinski definition) is 1. The van der Waals surface area contributed by atoms with Crippen LogP contribution in [0, 0.1) is 5.92 Å². The predicted molar refractivity (Wildman–Crippen MR) is 96.6 cm³/mol. The van der Waals surface area contributed by atoms with E-state index >= 15 is 0 Å². The summed E-state index contributed by atoms with van der Waals surface area (Å²) in [5.41, 5.74) is 4.08. The van der Waals surface area contributed by atoms with Crippen molar-refractivity contribution in [2.75, 3.05) is 11.9 Å². The zero-order valence-corrected chi connectivity index (χ0v) is 14.6. The summed E-state index contributed by atoms with van der Waals surface area (Å²) in [6.45, 7) is 9.99. The maximum atomic E-state index is 4.75. The van der Waals surface area contributed by atoms with Gasteiger partial charge < -0.3 is 5.32 Å². The van der Waals surface area contributed by atoms with Crippen molar-refractivity contribution in [1.29, 1.82) is 0 Å². The number of thioether (sulfide) groups is 1. The molecule has 0 spiro atoms. The first-order chi connectivity index (χ1) is 10.2. The van der Waals surface area contributed by atoms with Crippen LogP contribution in [0.3, 0.4) is 0 Å². The van der Waals surface area contributed by atoms with Gasteiger partial charge >= 0.3 is 0 Å². The second-order valence-corrected chi connectivity index (χ2v) is 6.89. The van der Waals surface area contributed by atoms with Crippen molar-refractivity contribution in [1.82, 2.24) is 0 Å². The Kier molecular flexibility index (Phi) is 6.16. The molecule has 1 heterocycles. The molecule has 0 aliphatic carbocycles. The third kappa shape index (κ3) is 3.82. The predicted octanol–water partition coefficient (Wildman–Crippen LogP) is 5.13. The molecule has 1 aromatic rings. The monoisotopic (exact) mass is 304 g/mol. The van der Waals surface area contributed by atoms with Gasteiger partial charge in [-0.05, 0) is 29.9 Å². The summed E-state index contributed by atoms with van der Waals surface area (Å²) in [5.74, 6) is 0.783. The van der Waals surface area contributed by atoms with Gasteiger partial charge in [-0.3, -0.25) is 4.99 Å². The lowest BCUT2D eigenvalue weighted by Gasteiger charge is -2.19. The van der Waals surface area contributed by atoms with Crippen LogP contribution in [-0.2, 0) is 12.8 Å². The molecule has 0 fully saturated rings. The number of aliphatic imine (C=N–C) groups is 1. The first kappa shape index (κ1) is 16.4. The third-order valence-corrected chi connectivity index (χ3v) is 5.77. The van der Waals surface area contributed by atoms with Crippen LogP contribution in [0.25, 0.3) is 0 Å². The highest BCUT2D eigenvalue weighted by molar-refractivity contribution is 8.15. The molecule has 1 aliphatic rings. The van der Waals surface area contributed by atoms with Crippen LogP contribution >= 0.6 is 11.8 Å². The fourth-order valence-electron chi connectivity index (χ4n) is 3.03. The number of nitrogens with zero attached hydrogens (tertiary/aromatic N) is 1. The number of aryl methyl sites for hydroxylation is 2. The lowest BCUT2D eigenvalue weighted by atomic mass is 9.99. The molecule has 0 saturated heterocycles. The standard InChI is InChI=1S/C18H28N2S/c1-5-13(6-2)16-12-19-18(21-16)20-17-14(7-3)10-9-11-15(17)8-4/h9-11,13,16H,5-8,12H2,1-4H3,(H,19,20). The number of benzene rings is 1. The summed E-state index contributed by atoms with van der Waals surface area (Å²) in [4.78, 5) is 4.75. The SMILES string of the molecule is CCc1cccc(CC)c1NC1=NCC(C(CC)CC)S1. The molecule has 2 nitrogen and oxygen atoms in total. The quantitative estimate of drug-likeness (QED) is 0.787. The molecule has 0 saturated carbocycles. The molecular weight excluding hydrogens is 276 g/mol. The van der Waals surface area contributed by atoms with Crippen molar-refractivity contribution in [3.63, 3.8) is 0 Å². The Morgan fingerprint density at radius 1 is 1.14 bits per heavy atom. The number of amidine groups is 1. The van der Waals surface area contributed by atoms with Crippen molar-refractivity contribution >= 4 is 22.6 Å². The maximum absolute atomic E-state index is 4.75. The Balaban J connectivity index is 2.10. The Morgan fingerprint density at radius 2 is 1.76 bits per heavy atom. The Bertz CT molecular complexity index is 470. The van der Waals surface area contributed by atoms with Gasteiger partial charge in [0.15, 0.2) is 5.17 Å². The van der Waals surface area contributed by atoms with Gasteiger partial charge in [-0.25, -0.2) is 0 Å². The largest absolute Gasteiger partial charge is 0.335 e. The Morgan fingerprint density at radius 3 is 2.29 bits per heavy atom. The molecule has 1 atom stereocenters. The van der Waals surface area contributed by atoms with Gasteiger partial charge in [0.25, 0.3) is 0 Å². The van der Waals surface area contributed by atoms with E-state index in [1.54, 1.807) is 0 Å². The smallest absolute Gasteiger partial charge is 0.161 e. The van der Waals surface area contributed by atoms with Crippen LogP contribution in [-0.4, -0.2) is 17.0 Å². The molecule has 3 heteroatoms. The number of hydrogen-bond acceptors (Lipinski definition) is 3. The number of nitrogens with one attached hydrogen (secondary N) is 1. The molecule has 2 rings (SSSR count). The van der Waals surface area contributed by atoms with Gasteiger partial charge in [0.05, 0.1) is 6.54 Å². The fraction of sp³-hybridized carbons (Fsp3) is 0.611. The first-order valence-corrected chi connectivity index (χ1v) is 9.20. The van der Waals surface area contributed by atoms with Crippen LogP contribution in [0.15, 0.2) is 23.2 Å². The van der Waals surface area contributed by atoms with Crippen LogP contribution in [0.5, 0.6) is 0 Å². The lowest BCUT2D eigenvalue weighted by Crippen LogP contribution is -2.18. The first-order valence-electron chi connectivity index (χ1n) is 8.32. The van der Waals surface area contributed by atoms with E-state index in [2.05, 4.69) is 51.2 Å². The fourth-order valence-corrected chi connectivity index (χ4v) is 4.35. The van der Waals surface area contributed by atoms with Crippen LogP contribution in [0.4, 0.5) is 5.69 Å². The molecule has 0 aromatic heterocycles. The number of para-hydroxylation sites is 1. The Hall–Kier alpha value is -0.960. The summed E-state index contributed by atoms with van der Waals surface area (Å²) < 4.78 is 0. The molecule has 0 radical (unpaired) electrons. The van der Waals surface area contributed by atoms with E-state index in [0.717, 1.165) is 30.5 Å². The van der Waals surface area contributed by atoms with Gasteiger partial charge in [0.2, 0.25) is 0 Å². The zero-order chi connectivity index (χ0) is 15.2. The normalized spacial score (nSPS) is 18.1. The second kappa shape index (κ2) is 7.88. The number of anilines is 1. The molecule has 0 bridgehead atoms. The van der Waals surface area contributed by atoms with Crippen molar-refractivity contribution in [3.8, 4) is 0 Å². The van der Waals surface area contributed by atoms with Gasteiger partial charge in [-0.15, -0.1) is 0 Å². The number of rotatable bonds is 6. The minimum atomic E-state index is 0.654. The van der Waals surface area contributed by atoms with Crippen LogP contribution in [0.1, 0.15) is 51.7 Å². The van der Waals surface area contributed by atoms with Gasteiger partial charge in [0.1, 0.15) is 0 Å². The molecule has 1 aliphatic heterocycles. The average molecular weight is 305 g/mol. The van der Waals surface area contributed by atoms with Crippen LogP contribution < -0.4 is 5.32 Å². The highest BCUT2D eigenvalue weighted by atomic mass is 32.2. The van der Waals surface area contributed by atoms with Crippen LogP contribution in [0.2, 0.25) is 0 Å². The van der Waals surface area contributed by atoms with Crippen molar-refractivity contribution in [2.24, 2.45) is 10.9 Å². The Labute approximate surface area is 133 Å². The highest BCUT2D eigenvalue weighted by Gasteiger charge is 2.26. The van der Waals surface area contributed by atoms with E-state index in [1.807, 2.05) is 11.8 Å².